The number of aliphatic carboxylic acids is 1. The van der Waals surface area contributed by atoms with E-state index in [0.29, 0.717) is 34.6 Å². The second-order valence-electron chi connectivity index (χ2n) is 6.95. The number of carboxylic acids is 1. The third-order valence-corrected chi connectivity index (χ3v) is 5.60. The smallest absolute Gasteiger partial charge is 0.328 e. The molecule has 158 valence electrons. The van der Waals surface area contributed by atoms with Crippen LogP contribution in [0.4, 0.5) is 0 Å². The molecule has 0 aliphatic carbocycles. The molecule has 0 unspecified atom stereocenters. The molecule has 5 nitrogen and oxygen atoms in total. The van der Waals surface area contributed by atoms with Crippen LogP contribution in [0, 0.1) is 0 Å². The number of fused-ring (bicyclic) bond motifs is 1. The van der Waals surface area contributed by atoms with E-state index in [1.54, 1.807) is 24.3 Å². The van der Waals surface area contributed by atoms with Gasteiger partial charge in [-0.2, -0.15) is 4.89 Å². The summed E-state index contributed by atoms with van der Waals surface area (Å²) in [5, 5.41) is 10.1. The molecule has 7 heteroatoms. The molecule has 31 heavy (non-hydrogen) atoms. The highest BCUT2D eigenvalue weighted by Crippen LogP contribution is 2.35. The number of halogens is 2. The highest BCUT2D eigenvalue weighted by molar-refractivity contribution is 6.35. The van der Waals surface area contributed by atoms with Gasteiger partial charge in [-0.1, -0.05) is 53.5 Å². The molecule has 1 N–H and O–H groups in total. The minimum Gasteiger partial charge on any atom is -0.489 e. The van der Waals surface area contributed by atoms with Gasteiger partial charge in [0, 0.05) is 39.2 Å². The van der Waals surface area contributed by atoms with Gasteiger partial charge in [-0.05, 0) is 41.5 Å². The van der Waals surface area contributed by atoms with Gasteiger partial charge in [0.25, 0.3) is 0 Å². The molecule has 0 saturated carbocycles. The molecule has 0 atom stereocenters. The molecule has 0 aromatic heterocycles. The van der Waals surface area contributed by atoms with Crippen LogP contribution in [0.2, 0.25) is 10.0 Å². The lowest BCUT2D eigenvalue weighted by molar-refractivity contribution is -0.195. The van der Waals surface area contributed by atoms with Crippen LogP contribution in [0.3, 0.4) is 0 Å². The first kappa shape index (κ1) is 21.2. The average molecular weight is 457 g/mol. The second kappa shape index (κ2) is 9.43. The van der Waals surface area contributed by atoms with Crippen LogP contribution in [0.5, 0.6) is 11.5 Å². The summed E-state index contributed by atoms with van der Waals surface area (Å²) in [6.07, 6.45) is 3.21. The topological polar surface area (TPSA) is 65.0 Å². The zero-order valence-corrected chi connectivity index (χ0v) is 17.8. The molecule has 0 spiro atoms. The maximum Gasteiger partial charge on any atom is 0.328 e. The summed E-state index contributed by atoms with van der Waals surface area (Å²) >= 11 is 12.4. The van der Waals surface area contributed by atoms with Crippen LogP contribution in [-0.4, -0.2) is 11.1 Å². The fraction of sp³-hybridized carbons (Fsp3) is 0.125. The maximum absolute atomic E-state index is 10.9. The van der Waals surface area contributed by atoms with Crippen molar-refractivity contribution in [2.75, 3.05) is 0 Å². The molecule has 4 rings (SSSR count). The van der Waals surface area contributed by atoms with Crippen molar-refractivity contribution in [2.45, 2.75) is 19.6 Å². The van der Waals surface area contributed by atoms with Crippen molar-refractivity contribution >= 4 is 35.2 Å². The van der Waals surface area contributed by atoms with Crippen molar-refractivity contribution < 1.29 is 24.4 Å². The zero-order valence-electron chi connectivity index (χ0n) is 16.3. The fourth-order valence-electron chi connectivity index (χ4n) is 3.29. The van der Waals surface area contributed by atoms with Crippen LogP contribution in [-0.2, 0) is 29.3 Å². The lowest BCUT2D eigenvalue weighted by Gasteiger charge is -2.12. The van der Waals surface area contributed by atoms with Gasteiger partial charge in [-0.25, -0.2) is 4.79 Å². The fourth-order valence-corrected chi connectivity index (χ4v) is 3.80. The largest absolute Gasteiger partial charge is 0.489 e. The highest BCUT2D eigenvalue weighted by atomic mass is 35.5. The molecule has 0 amide bonds. The predicted octanol–water partition coefficient (Wildman–Crippen LogP) is 6.09. The van der Waals surface area contributed by atoms with E-state index in [0.717, 1.165) is 33.9 Å². The Morgan fingerprint density at radius 1 is 1.03 bits per heavy atom. The predicted molar refractivity (Wildman–Crippen MR) is 119 cm³/mol. The lowest BCUT2D eigenvalue weighted by Crippen LogP contribution is -1.99. The van der Waals surface area contributed by atoms with Crippen molar-refractivity contribution in [3.05, 3.63) is 98.5 Å². The van der Waals surface area contributed by atoms with Crippen LogP contribution >= 0.6 is 23.2 Å². The first-order valence-electron chi connectivity index (χ1n) is 9.51. The van der Waals surface area contributed by atoms with Gasteiger partial charge in [0.2, 0.25) is 0 Å². The van der Waals surface area contributed by atoms with Crippen LogP contribution in [0.1, 0.15) is 27.8 Å². The van der Waals surface area contributed by atoms with Crippen LogP contribution < -0.4 is 9.62 Å². The van der Waals surface area contributed by atoms with Gasteiger partial charge in [0.05, 0.1) is 0 Å². The number of carbonyl (C=O) groups is 1. The number of carboxylic acid groups (broad SMARTS) is 1. The number of hydrogen-bond donors (Lipinski definition) is 1. The first-order chi connectivity index (χ1) is 15.0. The summed E-state index contributed by atoms with van der Waals surface area (Å²) < 4.78 is 5.83. The van der Waals surface area contributed by atoms with E-state index in [1.807, 2.05) is 36.4 Å². The Hall–Kier alpha value is -2.99. The molecule has 1 heterocycles. The molecule has 0 fully saturated rings. The number of rotatable bonds is 7. The molecule has 1 aliphatic rings. The van der Waals surface area contributed by atoms with E-state index in [4.69, 9.17) is 42.8 Å². The van der Waals surface area contributed by atoms with E-state index >= 15 is 0 Å². The molecule has 1 aliphatic heterocycles. The second-order valence-corrected chi connectivity index (χ2v) is 7.76. The summed E-state index contributed by atoms with van der Waals surface area (Å²) in [7, 11) is 0. The van der Waals surface area contributed by atoms with Crippen molar-refractivity contribution in [3.63, 3.8) is 0 Å². The Labute approximate surface area is 189 Å². The van der Waals surface area contributed by atoms with E-state index in [1.165, 1.54) is 0 Å². The standard InChI is InChI=1S/C24H18Cl2O5/c25-21-2-1-3-22(26)20(21)14-29-18-9-4-15(5-10-18)12-19-16(8-11-23(27)28)6-7-17-13-30-31-24(17)19/h1-11H,12-14H2,(H,27,28)/b11-8+. The van der Waals surface area contributed by atoms with Crippen molar-refractivity contribution in [1.29, 1.82) is 0 Å². The van der Waals surface area contributed by atoms with E-state index < -0.39 is 5.97 Å². The lowest BCUT2D eigenvalue weighted by atomic mass is 9.96. The Balaban J connectivity index is 1.52. The zero-order chi connectivity index (χ0) is 21.8. The minimum absolute atomic E-state index is 0.263. The summed E-state index contributed by atoms with van der Waals surface area (Å²) in [5.74, 6) is 0.313. The molecular weight excluding hydrogens is 439 g/mol. The van der Waals surface area contributed by atoms with Crippen molar-refractivity contribution in [3.8, 4) is 11.5 Å². The van der Waals surface area contributed by atoms with Crippen molar-refractivity contribution in [1.82, 2.24) is 0 Å². The molecule has 0 saturated heterocycles. The van der Waals surface area contributed by atoms with E-state index in [-0.39, 0.29) is 6.61 Å². The Morgan fingerprint density at radius 2 is 1.77 bits per heavy atom. The Kier molecular flexibility index (Phi) is 6.47. The molecule has 0 bridgehead atoms. The summed E-state index contributed by atoms with van der Waals surface area (Å²) in [6, 6.07) is 16.7. The minimum atomic E-state index is -1.01. The normalized spacial score (nSPS) is 12.6. The SMILES string of the molecule is O=C(O)/C=C/c1ccc2c(c1Cc1ccc(OCc3c(Cl)cccc3Cl)cc1)OOC2. The first-order valence-corrected chi connectivity index (χ1v) is 10.3. The van der Waals surface area contributed by atoms with Gasteiger partial charge in [0.15, 0.2) is 5.75 Å². The summed E-state index contributed by atoms with van der Waals surface area (Å²) in [6.45, 7) is 0.627. The molecule has 3 aromatic rings. The number of benzene rings is 3. The van der Waals surface area contributed by atoms with Crippen LogP contribution in [0.25, 0.3) is 6.08 Å². The van der Waals surface area contributed by atoms with Gasteiger partial charge in [-0.15, -0.1) is 0 Å². The third-order valence-electron chi connectivity index (χ3n) is 4.89. The summed E-state index contributed by atoms with van der Waals surface area (Å²) in [5.41, 5.74) is 4.31. The maximum atomic E-state index is 10.9. The quantitative estimate of drug-likeness (QED) is 0.344. The Morgan fingerprint density at radius 3 is 2.48 bits per heavy atom. The number of hydrogen-bond acceptors (Lipinski definition) is 4. The molecular formula is C24H18Cl2O5. The van der Waals surface area contributed by atoms with Crippen molar-refractivity contribution in [2.24, 2.45) is 0 Å². The summed E-state index contributed by atoms with van der Waals surface area (Å²) in [4.78, 5) is 21.4. The van der Waals surface area contributed by atoms with Gasteiger partial charge in [0.1, 0.15) is 19.0 Å². The highest BCUT2D eigenvalue weighted by Gasteiger charge is 2.20. The molecule has 3 aromatic carbocycles. The molecule has 0 radical (unpaired) electrons. The van der Waals surface area contributed by atoms with Gasteiger partial charge in [-0.3, -0.25) is 0 Å². The number of ether oxygens (including phenoxy) is 1. The van der Waals surface area contributed by atoms with Gasteiger partial charge < -0.3 is 14.7 Å². The average Bonchev–Trinajstić information content (AvgIpc) is 3.23. The Bertz CT molecular complexity index is 1120. The van der Waals surface area contributed by atoms with E-state index in [9.17, 15) is 4.79 Å². The van der Waals surface area contributed by atoms with E-state index in [2.05, 4.69) is 0 Å². The van der Waals surface area contributed by atoms with Crippen LogP contribution in [0.15, 0.2) is 60.7 Å². The monoisotopic (exact) mass is 456 g/mol. The third kappa shape index (κ3) is 5.02. The van der Waals surface area contributed by atoms with Gasteiger partial charge >= 0.3 is 5.97 Å².